The Bertz CT molecular complexity index is 644. The molecule has 0 saturated carbocycles. The molecule has 0 N–H and O–H groups in total. The Labute approximate surface area is 147 Å². The van der Waals surface area contributed by atoms with Gasteiger partial charge in [0.25, 0.3) is 0 Å². The van der Waals surface area contributed by atoms with Gasteiger partial charge in [0.2, 0.25) is 10.6 Å². The van der Waals surface area contributed by atoms with Gasteiger partial charge in [-0.25, -0.2) is 0 Å². The maximum absolute atomic E-state index is 5.98. The standard InChI is InChI=1S/C9Cl7N3O/c10-1-2(11)4(13)6(5(14)3(1)12)20-9-18-7(15)17-8(16)19-9. The minimum absolute atomic E-state index is 0.00222. The molecule has 0 radical (unpaired) electrons. The molecule has 0 amide bonds. The highest BCUT2D eigenvalue weighted by Crippen LogP contribution is 2.49. The molecule has 0 atom stereocenters. The second-order valence-corrected chi connectivity index (χ2v) is 5.72. The molecule has 11 heteroatoms. The summed E-state index contributed by atoms with van der Waals surface area (Å²) in [6.45, 7) is 0. The fourth-order valence-corrected chi connectivity index (χ4v) is 2.67. The van der Waals surface area contributed by atoms with Crippen molar-refractivity contribution >= 4 is 81.2 Å². The monoisotopic (exact) mass is 411 g/mol. The molecule has 0 spiro atoms. The van der Waals surface area contributed by atoms with Gasteiger partial charge in [0.15, 0.2) is 5.75 Å². The average Bonchev–Trinajstić information content (AvgIpc) is 2.38. The summed E-state index contributed by atoms with van der Waals surface area (Å²) < 4.78 is 5.30. The number of aromatic nitrogens is 3. The molecule has 0 aliphatic heterocycles. The van der Waals surface area contributed by atoms with Crippen molar-refractivity contribution in [1.82, 2.24) is 15.0 Å². The van der Waals surface area contributed by atoms with E-state index in [9.17, 15) is 0 Å². The second-order valence-electron chi connectivity index (χ2n) is 3.16. The molecule has 20 heavy (non-hydrogen) atoms. The fraction of sp³-hybridized carbons (Fsp3) is 0. The van der Waals surface area contributed by atoms with Crippen LogP contribution < -0.4 is 4.74 Å². The molecule has 1 aromatic heterocycles. The largest absolute Gasteiger partial charge is 0.421 e. The molecule has 0 fully saturated rings. The van der Waals surface area contributed by atoms with Gasteiger partial charge in [-0.2, -0.15) is 15.0 Å². The molecule has 0 unspecified atom stereocenters. The Morgan fingerprint density at radius 3 is 1.40 bits per heavy atom. The molecule has 1 aromatic carbocycles. The van der Waals surface area contributed by atoms with E-state index in [2.05, 4.69) is 15.0 Å². The van der Waals surface area contributed by atoms with E-state index in [0.717, 1.165) is 0 Å². The maximum Gasteiger partial charge on any atom is 0.327 e. The van der Waals surface area contributed by atoms with E-state index in [1.54, 1.807) is 0 Å². The zero-order valence-corrected chi connectivity index (χ0v) is 14.2. The van der Waals surface area contributed by atoms with Gasteiger partial charge in [0.05, 0.1) is 15.1 Å². The van der Waals surface area contributed by atoms with Gasteiger partial charge in [-0.05, 0) is 23.2 Å². The van der Waals surface area contributed by atoms with Crippen molar-refractivity contribution in [2.24, 2.45) is 0 Å². The lowest BCUT2D eigenvalue weighted by Crippen LogP contribution is -1.97. The molecule has 4 nitrogen and oxygen atoms in total. The van der Waals surface area contributed by atoms with Crippen LogP contribution in [-0.2, 0) is 0 Å². The Morgan fingerprint density at radius 2 is 0.950 bits per heavy atom. The Morgan fingerprint density at radius 1 is 0.550 bits per heavy atom. The predicted octanol–water partition coefficient (Wildman–Crippen LogP) is 6.24. The molecular formula is C9Cl7N3O. The zero-order valence-electron chi connectivity index (χ0n) is 8.90. The molecular weight excluding hydrogens is 414 g/mol. The first-order valence-corrected chi connectivity index (χ1v) is 7.22. The topological polar surface area (TPSA) is 47.9 Å². The summed E-state index contributed by atoms with van der Waals surface area (Å²) in [5.41, 5.74) is 0. The van der Waals surface area contributed by atoms with Crippen LogP contribution in [0.4, 0.5) is 0 Å². The van der Waals surface area contributed by atoms with Crippen molar-refractivity contribution in [2.75, 3.05) is 0 Å². The Kier molecular flexibility index (Phi) is 5.29. The zero-order chi connectivity index (χ0) is 15.0. The highest BCUT2D eigenvalue weighted by molar-refractivity contribution is 6.55. The number of halogens is 7. The van der Waals surface area contributed by atoms with Crippen LogP contribution in [-0.4, -0.2) is 15.0 Å². The maximum atomic E-state index is 5.98. The van der Waals surface area contributed by atoms with Crippen LogP contribution in [0.2, 0.25) is 35.7 Å². The van der Waals surface area contributed by atoms with E-state index in [-0.39, 0.29) is 47.4 Å². The van der Waals surface area contributed by atoms with Crippen LogP contribution >= 0.6 is 81.2 Å². The first kappa shape index (κ1) is 16.4. The SMILES string of the molecule is Clc1nc(Cl)nc(Oc2c(Cl)c(Cl)c(Cl)c(Cl)c2Cl)n1. The number of rotatable bonds is 2. The highest BCUT2D eigenvalue weighted by Gasteiger charge is 2.22. The summed E-state index contributed by atoms with van der Waals surface area (Å²) in [6, 6.07) is -0.228. The van der Waals surface area contributed by atoms with Crippen molar-refractivity contribution < 1.29 is 4.74 Å². The van der Waals surface area contributed by atoms with Crippen LogP contribution in [0, 0.1) is 0 Å². The highest BCUT2D eigenvalue weighted by atomic mass is 35.5. The lowest BCUT2D eigenvalue weighted by atomic mass is 10.3. The van der Waals surface area contributed by atoms with Crippen LogP contribution in [0.5, 0.6) is 11.8 Å². The molecule has 106 valence electrons. The van der Waals surface area contributed by atoms with E-state index in [1.807, 2.05) is 0 Å². The van der Waals surface area contributed by atoms with E-state index in [1.165, 1.54) is 0 Å². The summed E-state index contributed by atoms with van der Waals surface area (Å²) in [6.07, 6.45) is 0. The van der Waals surface area contributed by atoms with Gasteiger partial charge in [-0.15, -0.1) is 0 Å². The van der Waals surface area contributed by atoms with Crippen LogP contribution in [0.3, 0.4) is 0 Å². The number of nitrogens with zero attached hydrogens (tertiary/aromatic N) is 3. The quantitative estimate of drug-likeness (QED) is 0.431. The van der Waals surface area contributed by atoms with Crippen molar-refractivity contribution in [3.8, 4) is 11.8 Å². The summed E-state index contributed by atoms with van der Waals surface area (Å²) in [5, 5.41) is -0.496. The smallest absolute Gasteiger partial charge is 0.327 e. The number of hydrogen-bond acceptors (Lipinski definition) is 4. The molecule has 2 aromatic rings. The first-order valence-electron chi connectivity index (χ1n) is 4.57. The van der Waals surface area contributed by atoms with Gasteiger partial charge in [-0.3, -0.25) is 0 Å². The van der Waals surface area contributed by atoms with E-state index >= 15 is 0 Å². The second kappa shape index (κ2) is 6.44. The normalized spacial score (nSPS) is 10.8. The summed E-state index contributed by atoms with van der Waals surface area (Å²) in [7, 11) is 0. The van der Waals surface area contributed by atoms with E-state index in [0.29, 0.717) is 0 Å². The molecule has 0 aliphatic carbocycles. The van der Waals surface area contributed by atoms with Crippen LogP contribution in [0.15, 0.2) is 0 Å². The summed E-state index contributed by atoms with van der Waals surface area (Å²) in [4.78, 5) is 10.9. The van der Waals surface area contributed by atoms with Crippen molar-refractivity contribution in [3.63, 3.8) is 0 Å². The lowest BCUT2D eigenvalue weighted by Gasteiger charge is -2.12. The minimum Gasteiger partial charge on any atom is -0.421 e. The molecule has 0 aliphatic rings. The Balaban J connectivity index is 2.54. The Hall–Kier alpha value is 0.0600. The third kappa shape index (κ3) is 3.28. The van der Waals surface area contributed by atoms with Crippen molar-refractivity contribution in [2.45, 2.75) is 0 Å². The fourth-order valence-electron chi connectivity index (χ4n) is 1.12. The van der Waals surface area contributed by atoms with Gasteiger partial charge in [-0.1, -0.05) is 58.0 Å². The third-order valence-corrected chi connectivity index (χ3v) is 4.50. The summed E-state index contributed by atoms with van der Waals surface area (Å²) in [5.74, 6) is -0.0777. The predicted molar refractivity (Wildman–Crippen MR) is 81.4 cm³/mol. The van der Waals surface area contributed by atoms with Gasteiger partial charge in [0.1, 0.15) is 10.0 Å². The van der Waals surface area contributed by atoms with Gasteiger partial charge in [0, 0.05) is 0 Å². The van der Waals surface area contributed by atoms with Crippen molar-refractivity contribution in [3.05, 3.63) is 35.7 Å². The molecule has 0 bridgehead atoms. The number of ether oxygens (including phenoxy) is 1. The summed E-state index contributed by atoms with van der Waals surface area (Å²) >= 11 is 40.8. The average molecular weight is 414 g/mol. The first-order chi connectivity index (χ1) is 9.31. The van der Waals surface area contributed by atoms with Gasteiger partial charge >= 0.3 is 6.01 Å². The third-order valence-electron chi connectivity index (χ3n) is 1.92. The van der Waals surface area contributed by atoms with Crippen LogP contribution in [0.25, 0.3) is 0 Å². The molecule has 2 rings (SSSR count). The molecule has 1 heterocycles. The van der Waals surface area contributed by atoms with E-state index < -0.39 is 0 Å². The van der Waals surface area contributed by atoms with Gasteiger partial charge < -0.3 is 4.74 Å². The minimum atomic E-state index is -0.228. The van der Waals surface area contributed by atoms with Crippen molar-refractivity contribution in [1.29, 1.82) is 0 Å². The van der Waals surface area contributed by atoms with Crippen LogP contribution in [0.1, 0.15) is 0 Å². The number of hydrogen-bond donors (Lipinski definition) is 0. The lowest BCUT2D eigenvalue weighted by molar-refractivity contribution is 0.440. The molecule has 0 saturated heterocycles. The number of benzene rings is 1. The van der Waals surface area contributed by atoms with E-state index in [4.69, 9.17) is 85.9 Å².